The number of halogens is 2. The van der Waals surface area contributed by atoms with E-state index >= 15 is 0 Å². The lowest BCUT2D eigenvalue weighted by Crippen LogP contribution is -2.05. The number of fused-ring (bicyclic) bond motifs is 1. The Morgan fingerprint density at radius 3 is 2.69 bits per heavy atom. The van der Waals surface area contributed by atoms with Gasteiger partial charge in [0.25, 0.3) is 0 Å². The SMILES string of the molecule is Cc1c(C(=O)O)n(C)c2ccc(Cl)c(Br)c12. The predicted octanol–water partition coefficient (Wildman–Crippen LogP) is 3.60. The first-order chi connectivity index (χ1) is 7.45. The number of aryl methyl sites for hydroxylation is 2. The van der Waals surface area contributed by atoms with Crippen molar-refractivity contribution in [2.45, 2.75) is 6.92 Å². The van der Waals surface area contributed by atoms with Gasteiger partial charge in [-0.3, -0.25) is 0 Å². The van der Waals surface area contributed by atoms with E-state index in [9.17, 15) is 4.79 Å². The van der Waals surface area contributed by atoms with Crippen LogP contribution >= 0.6 is 27.5 Å². The van der Waals surface area contributed by atoms with Crippen LogP contribution in [0.25, 0.3) is 10.9 Å². The molecule has 16 heavy (non-hydrogen) atoms. The fourth-order valence-corrected chi connectivity index (χ4v) is 2.76. The quantitative estimate of drug-likeness (QED) is 0.874. The summed E-state index contributed by atoms with van der Waals surface area (Å²) in [6.07, 6.45) is 0. The van der Waals surface area contributed by atoms with Crippen LogP contribution in [0.1, 0.15) is 16.1 Å². The number of carboxylic acids is 1. The Morgan fingerprint density at radius 1 is 1.50 bits per heavy atom. The molecule has 2 rings (SSSR count). The number of hydrogen-bond acceptors (Lipinski definition) is 1. The number of aromatic carboxylic acids is 1. The van der Waals surface area contributed by atoms with E-state index in [0.29, 0.717) is 5.02 Å². The first-order valence-electron chi connectivity index (χ1n) is 4.61. The van der Waals surface area contributed by atoms with E-state index in [-0.39, 0.29) is 5.69 Å². The number of carbonyl (C=O) groups is 1. The normalized spacial score (nSPS) is 11.0. The van der Waals surface area contributed by atoms with E-state index in [1.165, 1.54) is 0 Å². The van der Waals surface area contributed by atoms with Crippen molar-refractivity contribution in [3.8, 4) is 0 Å². The minimum Gasteiger partial charge on any atom is -0.477 e. The zero-order chi connectivity index (χ0) is 12.0. The van der Waals surface area contributed by atoms with Gasteiger partial charge in [-0.05, 0) is 40.5 Å². The number of hydrogen-bond donors (Lipinski definition) is 1. The van der Waals surface area contributed by atoms with E-state index < -0.39 is 5.97 Å². The Morgan fingerprint density at radius 2 is 2.12 bits per heavy atom. The van der Waals surface area contributed by atoms with Crippen molar-refractivity contribution in [3.05, 3.63) is 32.9 Å². The third-order valence-corrected chi connectivity index (χ3v) is 4.07. The van der Waals surface area contributed by atoms with Crippen LogP contribution in [0.4, 0.5) is 0 Å². The van der Waals surface area contributed by atoms with Crippen LogP contribution in [0.2, 0.25) is 5.02 Å². The van der Waals surface area contributed by atoms with Crippen molar-refractivity contribution in [2.24, 2.45) is 7.05 Å². The van der Waals surface area contributed by atoms with Gasteiger partial charge in [-0.1, -0.05) is 11.6 Å². The number of carboxylic acid groups (broad SMARTS) is 1. The van der Waals surface area contributed by atoms with Crippen LogP contribution in [0.3, 0.4) is 0 Å². The molecule has 0 aliphatic heterocycles. The van der Waals surface area contributed by atoms with Gasteiger partial charge in [0.1, 0.15) is 5.69 Å². The zero-order valence-corrected chi connectivity index (χ0v) is 11.1. The topological polar surface area (TPSA) is 42.2 Å². The molecular formula is C11H9BrClNO2. The number of benzene rings is 1. The highest BCUT2D eigenvalue weighted by molar-refractivity contribution is 9.10. The van der Waals surface area contributed by atoms with Gasteiger partial charge in [-0.25, -0.2) is 4.79 Å². The molecule has 1 N–H and O–H groups in total. The highest BCUT2D eigenvalue weighted by Crippen LogP contribution is 2.35. The third kappa shape index (κ3) is 1.44. The highest BCUT2D eigenvalue weighted by Gasteiger charge is 2.19. The van der Waals surface area contributed by atoms with Crippen molar-refractivity contribution >= 4 is 44.4 Å². The van der Waals surface area contributed by atoms with Gasteiger partial charge >= 0.3 is 5.97 Å². The zero-order valence-electron chi connectivity index (χ0n) is 8.71. The average molecular weight is 303 g/mol. The number of aromatic nitrogens is 1. The van der Waals surface area contributed by atoms with Crippen LogP contribution < -0.4 is 0 Å². The van der Waals surface area contributed by atoms with Crippen LogP contribution in [-0.4, -0.2) is 15.6 Å². The van der Waals surface area contributed by atoms with Gasteiger partial charge in [0, 0.05) is 22.4 Å². The molecule has 0 amide bonds. The van der Waals surface area contributed by atoms with Gasteiger partial charge in [-0.2, -0.15) is 0 Å². The lowest BCUT2D eigenvalue weighted by molar-refractivity contribution is 0.0686. The summed E-state index contributed by atoms with van der Waals surface area (Å²) in [7, 11) is 1.74. The number of nitrogens with zero attached hydrogens (tertiary/aromatic N) is 1. The summed E-state index contributed by atoms with van der Waals surface area (Å²) in [5, 5.41) is 10.6. The van der Waals surface area contributed by atoms with E-state index in [1.54, 1.807) is 24.6 Å². The molecule has 1 aromatic heterocycles. The first-order valence-corrected chi connectivity index (χ1v) is 5.78. The molecule has 0 radical (unpaired) electrons. The Balaban J connectivity index is 3.00. The fraction of sp³-hybridized carbons (Fsp3) is 0.182. The molecule has 5 heteroatoms. The van der Waals surface area contributed by atoms with Crippen molar-refractivity contribution in [2.75, 3.05) is 0 Å². The molecule has 0 bridgehead atoms. The molecule has 0 unspecified atom stereocenters. The molecule has 2 aromatic rings. The van der Waals surface area contributed by atoms with Crippen LogP contribution in [-0.2, 0) is 7.05 Å². The highest BCUT2D eigenvalue weighted by atomic mass is 79.9. The third-order valence-electron chi connectivity index (χ3n) is 2.70. The second-order valence-electron chi connectivity index (χ2n) is 3.59. The second-order valence-corrected chi connectivity index (χ2v) is 4.79. The van der Waals surface area contributed by atoms with E-state index in [2.05, 4.69) is 15.9 Å². The maximum atomic E-state index is 11.1. The largest absolute Gasteiger partial charge is 0.477 e. The maximum absolute atomic E-state index is 11.1. The first kappa shape index (κ1) is 11.5. The molecular weight excluding hydrogens is 293 g/mol. The van der Waals surface area contributed by atoms with Crippen LogP contribution in [0.5, 0.6) is 0 Å². The number of rotatable bonds is 1. The molecule has 0 spiro atoms. The summed E-state index contributed by atoms with van der Waals surface area (Å²) in [5.74, 6) is -0.931. The fourth-order valence-electron chi connectivity index (χ4n) is 1.97. The molecule has 0 saturated carbocycles. The van der Waals surface area contributed by atoms with E-state index in [4.69, 9.17) is 16.7 Å². The summed E-state index contributed by atoms with van der Waals surface area (Å²) in [4.78, 5) is 11.1. The van der Waals surface area contributed by atoms with Gasteiger partial charge in [-0.15, -0.1) is 0 Å². The molecule has 0 aliphatic rings. The van der Waals surface area contributed by atoms with Gasteiger partial charge < -0.3 is 9.67 Å². The molecule has 1 aromatic carbocycles. The molecule has 0 saturated heterocycles. The minimum absolute atomic E-state index is 0.290. The monoisotopic (exact) mass is 301 g/mol. The molecule has 84 valence electrons. The van der Waals surface area contributed by atoms with Crippen LogP contribution in [0, 0.1) is 6.92 Å². The second kappa shape index (κ2) is 3.79. The molecule has 1 heterocycles. The van der Waals surface area contributed by atoms with Gasteiger partial charge in [0.2, 0.25) is 0 Å². The van der Waals surface area contributed by atoms with Gasteiger partial charge in [0.15, 0.2) is 0 Å². The molecule has 0 atom stereocenters. The average Bonchev–Trinajstić information content (AvgIpc) is 2.45. The maximum Gasteiger partial charge on any atom is 0.352 e. The van der Waals surface area contributed by atoms with Crippen molar-refractivity contribution in [1.82, 2.24) is 4.57 Å². The van der Waals surface area contributed by atoms with Crippen molar-refractivity contribution in [1.29, 1.82) is 0 Å². The van der Waals surface area contributed by atoms with E-state index in [1.807, 2.05) is 6.07 Å². The molecule has 0 aliphatic carbocycles. The van der Waals surface area contributed by atoms with Crippen molar-refractivity contribution < 1.29 is 9.90 Å². The van der Waals surface area contributed by atoms with Gasteiger partial charge in [0.05, 0.1) is 5.02 Å². The lowest BCUT2D eigenvalue weighted by Gasteiger charge is -2.00. The Labute approximate surface area is 106 Å². The van der Waals surface area contributed by atoms with Crippen LogP contribution in [0.15, 0.2) is 16.6 Å². The summed E-state index contributed by atoms with van der Waals surface area (Å²) < 4.78 is 2.40. The Kier molecular flexibility index (Phi) is 2.72. The summed E-state index contributed by atoms with van der Waals surface area (Å²) >= 11 is 9.39. The Bertz CT molecular complexity index is 604. The minimum atomic E-state index is -0.931. The van der Waals surface area contributed by atoms with Crippen molar-refractivity contribution in [3.63, 3.8) is 0 Å². The van der Waals surface area contributed by atoms with E-state index in [0.717, 1.165) is 20.9 Å². The molecule has 3 nitrogen and oxygen atoms in total. The smallest absolute Gasteiger partial charge is 0.352 e. The summed E-state index contributed by atoms with van der Waals surface area (Å²) in [6, 6.07) is 3.57. The standard InChI is InChI=1S/C11H9BrClNO2/c1-5-8-7(4-3-6(13)9(8)12)14(2)10(5)11(15)16/h3-4H,1-2H3,(H,15,16). The predicted molar refractivity (Wildman–Crippen MR) is 67.3 cm³/mol. The Hall–Kier alpha value is -1.000. The molecule has 0 fully saturated rings. The summed E-state index contributed by atoms with van der Waals surface area (Å²) in [6.45, 7) is 1.78. The lowest BCUT2D eigenvalue weighted by atomic mass is 10.1. The summed E-state index contributed by atoms with van der Waals surface area (Å²) in [5.41, 5.74) is 1.86.